The van der Waals surface area contributed by atoms with E-state index in [1.54, 1.807) is 0 Å². The van der Waals surface area contributed by atoms with Gasteiger partial charge in [0.2, 0.25) is 0 Å². The lowest BCUT2D eigenvalue weighted by atomic mass is 10.1. The van der Waals surface area contributed by atoms with Gasteiger partial charge in [0.15, 0.2) is 0 Å². The zero-order valence-corrected chi connectivity index (χ0v) is 14.6. The topological polar surface area (TPSA) is 32.3 Å². The Kier molecular flexibility index (Phi) is 5.19. The van der Waals surface area contributed by atoms with E-state index in [0.717, 1.165) is 24.3 Å². The van der Waals surface area contributed by atoms with Crippen molar-refractivity contribution in [2.24, 2.45) is 0 Å². The van der Waals surface area contributed by atoms with Gasteiger partial charge in [0.05, 0.1) is 0 Å². The molecule has 0 aromatic heterocycles. The summed E-state index contributed by atoms with van der Waals surface area (Å²) in [6.45, 7) is 6.35. The number of carbonyl (C=O) groups excluding carboxylic acids is 1. The Morgan fingerprint density at radius 2 is 1.54 bits per heavy atom. The number of amides is 1. The van der Waals surface area contributed by atoms with Gasteiger partial charge in [0, 0.05) is 30.0 Å². The molecule has 1 N–H and O–H groups in total. The SMILES string of the molecule is Cc1ccc(C(=O)Nc2ccc(N3CCCCCC3)cc2)cc1C. The predicted molar refractivity (Wildman–Crippen MR) is 101 cm³/mol. The third kappa shape index (κ3) is 3.97. The van der Waals surface area contributed by atoms with Gasteiger partial charge < -0.3 is 10.2 Å². The number of anilines is 2. The summed E-state index contributed by atoms with van der Waals surface area (Å²) in [7, 11) is 0. The van der Waals surface area contributed by atoms with Crippen LogP contribution in [-0.2, 0) is 0 Å². The molecule has 1 amide bonds. The van der Waals surface area contributed by atoms with Gasteiger partial charge in [0.1, 0.15) is 0 Å². The van der Waals surface area contributed by atoms with Gasteiger partial charge in [-0.3, -0.25) is 4.79 Å². The highest BCUT2D eigenvalue weighted by Gasteiger charge is 2.11. The summed E-state index contributed by atoms with van der Waals surface area (Å²) in [5.74, 6) is -0.0550. The minimum atomic E-state index is -0.0550. The van der Waals surface area contributed by atoms with Crippen molar-refractivity contribution in [3.05, 3.63) is 59.2 Å². The lowest BCUT2D eigenvalue weighted by Gasteiger charge is -2.22. The molecule has 1 saturated heterocycles. The number of nitrogens with zero attached hydrogens (tertiary/aromatic N) is 1. The average molecular weight is 322 g/mol. The molecule has 2 aromatic carbocycles. The average Bonchev–Trinajstić information content (AvgIpc) is 2.87. The molecule has 0 radical (unpaired) electrons. The Bertz CT molecular complexity index is 698. The van der Waals surface area contributed by atoms with Gasteiger partial charge in [-0.1, -0.05) is 18.9 Å². The third-order valence-electron chi connectivity index (χ3n) is 4.87. The number of hydrogen-bond acceptors (Lipinski definition) is 2. The zero-order chi connectivity index (χ0) is 16.9. The van der Waals surface area contributed by atoms with Crippen molar-refractivity contribution in [2.75, 3.05) is 23.3 Å². The second kappa shape index (κ2) is 7.52. The highest BCUT2D eigenvalue weighted by atomic mass is 16.1. The van der Waals surface area contributed by atoms with Crippen molar-refractivity contribution in [2.45, 2.75) is 39.5 Å². The lowest BCUT2D eigenvalue weighted by Crippen LogP contribution is -2.23. The molecule has 3 heteroatoms. The second-order valence-corrected chi connectivity index (χ2v) is 6.70. The first-order chi connectivity index (χ1) is 11.6. The van der Waals surface area contributed by atoms with Gasteiger partial charge >= 0.3 is 0 Å². The van der Waals surface area contributed by atoms with Crippen molar-refractivity contribution in [3.8, 4) is 0 Å². The Morgan fingerprint density at radius 3 is 2.17 bits per heavy atom. The predicted octanol–water partition coefficient (Wildman–Crippen LogP) is 4.94. The first-order valence-corrected chi connectivity index (χ1v) is 8.87. The highest BCUT2D eigenvalue weighted by Crippen LogP contribution is 2.22. The van der Waals surface area contributed by atoms with E-state index in [-0.39, 0.29) is 5.91 Å². The van der Waals surface area contributed by atoms with Crippen molar-refractivity contribution >= 4 is 17.3 Å². The zero-order valence-electron chi connectivity index (χ0n) is 14.6. The maximum atomic E-state index is 12.4. The normalized spacial score (nSPS) is 15.0. The Labute approximate surface area is 144 Å². The van der Waals surface area contributed by atoms with Gasteiger partial charge in [0.25, 0.3) is 5.91 Å². The van der Waals surface area contributed by atoms with Crippen molar-refractivity contribution in [1.82, 2.24) is 0 Å². The molecule has 0 atom stereocenters. The van der Waals surface area contributed by atoms with Crippen LogP contribution in [0, 0.1) is 13.8 Å². The molecule has 1 aliphatic rings. The Balaban J connectivity index is 1.67. The van der Waals surface area contributed by atoms with Crippen LogP contribution in [0.5, 0.6) is 0 Å². The van der Waals surface area contributed by atoms with Gasteiger partial charge in [-0.2, -0.15) is 0 Å². The number of rotatable bonds is 3. The van der Waals surface area contributed by atoms with Crippen LogP contribution in [0.15, 0.2) is 42.5 Å². The molecule has 1 aliphatic heterocycles. The summed E-state index contributed by atoms with van der Waals surface area (Å²) in [6, 6.07) is 14.0. The molecule has 1 fully saturated rings. The maximum Gasteiger partial charge on any atom is 0.255 e. The summed E-state index contributed by atoms with van der Waals surface area (Å²) in [5.41, 5.74) is 5.14. The van der Waals surface area contributed by atoms with Crippen LogP contribution >= 0.6 is 0 Å². The largest absolute Gasteiger partial charge is 0.372 e. The van der Waals surface area contributed by atoms with E-state index in [1.165, 1.54) is 36.9 Å². The number of benzene rings is 2. The monoisotopic (exact) mass is 322 g/mol. The number of nitrogens with one attached hydrogen (secondary N) is 1. The first-order valence-electron chi connectivity index (χ1n) is 8.87. The van der Waals surface area contributed by atoms with E-state index in [1.807, 2.05) is 37.3 Å². The fourth-order valence-electron chi connectivity index (χ4n) is 3.17. The number of aryl methyl sites for hydroxylation is 2. The Morgan fingerprint density at radius 1 is 0.875 bits per heavy atom. The molecule has 126 valence electrons. The van der Waals surface area contributed by atoms with E-state index in [9.17, 15) is 4.79 Å². The Hall–Kier alpha value is -2.29. The van der Waals surface area contributed by atoms with E-state index >= 15 is 0 Å². The maximum absolute atomic E-state index is 12.4. The highest BCUT2D eigenvalue weighted by molar-refractivity contribution is 6.04. The minimum Gasteiger partial charge on any atom is -0.372 e. The van der Waals surface area contributed by atoms with Crippen LogP contribution in [0.1, 0.15) is 47.2 Å². The quantitative estimate of drug-likeness (QED) is 0.868. The molecule has 0 aliphatic carbocycles. The summed E-state index contributed by atoms with van der Waals surface area (Å²) in [4.78, 5) is 14.8. The van der Waals surface area contributed by atoms with Crippen molar-refractivity contribution in [3.63, 3.8) is 0 Å². The minimum absolute atomic E-state index is 0.0550. The van der Waals surface area contributed by atoms with Crippen LogP contribution in [0.4, 0.5) is 11.4 Å². The molecule has 0 unspecified atom stereocenters. The van der Waals surface area contributed by atoms with Gasteiger partial charge in [-0.05, 0) is 74.2 Å². The summed E-state index contributed by atoms with van der Waals surface area (Å²) in [5, 5.41) is 2.99. The number of hydrogen-bond donors (Lipinski definition) is 1. The molecular weight excluding hydrogens is 296 g/mol. The van der Waals surface area contributed by atoms with Crippen LogP contribution in [0.3, 0.4) is 0 Å². The van der Waals surface area contributed by atoms with Crippen molar-refractivity contribution in [1.29, 1.82) is 0 Å². The summed E-state index contributed by atoms with van der Waals surface area (Å²) in [6.07, 6.45) is 5.21. The molecular formula is C21H26N2O. The second-order valence-electron chi connectivity index (χ2n) is 6.70. The van der Waals surface area contributed by atoms with Gasteiger partial charge in [-0.25, -0.2) is 0 Å². The molecule has 1 heterocycles. The van der Waals surface area contributed by atoms with Crippen LogP contribution < -0.4 is 10.2 Å². The molecule has 3 nitrogen and oxygen atoms in total. The third-order valence-corrected chi connectivity index (χ3v) is 4.87. The smallest absolute Gasteiger partial charge is 0.255 e. The first kappa shape index (κ1) is 16.6. The van der Waals surface area contributed by atoms with Crippen LogP contribution in [-0.4, -0.2) is 19.0 Å². The van der Waals surface area contributed by atoms with Gasteiger partial charge in [-0.15, -0.1) is 0 Å². The fraction of sp³-hybridized carbons (Fsp3) is 0.381. The van der Waals surface area contributed by atoms with Crippen LogP contribution in [0.25, 0.3) is 0 Å². The van der Waals surface area contributed by atoms with Crippen molar-refractivity contribution < 1.29 is 4.79 Å². The van der Waals surface area contributed by atoms with E-state index in [0.29, 0.717) is 5.56 Å². The number of carbonyl (C=O) groups is 1. The molecule has 0 saturated carbocycles. The lowest BCUT2D eigenvalue weighted by molar-refractivity contribution is 0.102. The molecule has 2 aromatic rings. The summed E-state index contributed by atoms with van der Waals surface area (Å²) >= 11 is 0. The van der Waals surface area contributed by atoms with Crippen LogP contribution in [0.2, 0.25) is 0 Å². The molecule has 24 heavy (non-hydrogen) atoms. The van der Waals surface area contributed by atoms with E-state index in [2.05, 4.69) is 29.3 Å². The molecule has 0 spiro atoms. The molecule has 0 bridgehead atoms. The standard InChI is InChI=1S/C21H26N2O/c1-16-7-8-18(15-17(16)2)21(24)22-19-9-11-20(12-10-19)23-13-5-3-4-6-14-23/h7-12,15H,3-6,13-14H2,1-2H3,(H,22,24). The summed E-state index contributed by atoms with van der Waals surface area (Å²) < 4.78 is 0. The van der Waals surface area contributed by atoms with E-state index < -0.39 is 0 Å². The molecule has 3 rings (SSSR count). The fourth-order valence-corrected chi connectivity index (χ4v) is 3.17. The van der Waals surface area contributed by atoms with E-state index in [4.69, 9.17) is 0 Å².